The highest BCUT2D eigenvalue weighted by Crippen LogP contribution is 2.29. The molecule has 22 heavy (non-hydrogen) atoms. The fourth-order valence-corrected chi connectivity index (χ4v) is 2.84. The van der Waals surface area contributed by atoms with Crippen molar-refractivity contribution in [1.29, 1.82) is 0 Å². The summed E-state index contributed by atoms with van der Waals surface area (Å²) in [5.74, 6) is 0.252. The number of benzene rings is 1. The van der Waals surface area contributed by atoms with Crippen LogP contribution in [0.3, 0.4) is 0 Å². The summed E-state index contributed by atoms with van der Waals surface area (Å²) in [5.41, 5.74) is 5.88. The third-order valence-electron chi connectivity index (χ3n) is 3.90. The van der Waals surface area contributed by atoms with Gasteiger partial charge in [0, 0.05) is 24.8 Å². The molecular formula is C15H13N5O2. The van der Waals surface area contributed by atoms with E-state index in [2.05, 4.69) is 19.9 Å². The third-order valence-corrected chi connectivity index (χ3v) is 3.90. The number of carbonyl (C=O) groups excluding carboxylic acids is 1. The Bertz CT molecular complexity index is 840. The molecule has 0 saturated heterocycles. The summed E-state index contributed by atoms with van der Waals surface area (Å²) < 4.78 is 0. The summed E-state index contributed by atoms with van der Waals surface area (Å²) in [6.45, 7) is 1.22. The number of nitrogens with zero attached hydrogens (tertiary/aromatic N) is 3. The van der Waals surface area contributed by atoms with E-state index in [1.54, 1.807) is 23.9 Å². The van der Waals surface area contributed by atoms with Gasteiger partial charge in [-0.15, -0.1) is 0 Å². The van der Waals surface area contributed by atoms with E-state index in [9.17, 15) is 4.79 Å². The monoisotopic (exact) mass is 295 g/mol. The summed E-state index contributed by atoms with van der Waals surface area (Å²) in [6.07, 6.45) is 3.44. The normalized spacial score (nSPS) is 13.4. The summed E-state index contributed by atoms with van der Waals surface area (Å²) in [6, 6.07) is 7.35. The van der Waals surface area contributed by atoms with Gasteiger partial charge in [0.1, 0.15) is 0 Å². The quantitative estimate of drug-likeness (QED) is 0.493. The van der Waals surface area contributed by atoms with Crippen LogP contribution >= 0.6 is 0 Å². The Hall–Kier alpha value is -2.93. The number of hydrogen-bond acceptors (Lipinski definition) is 5. The second kappa shape index (κ2) is 4.81. The van der Waals surface area contributed by atoms with Crippen molar-refractivity contribution in [3.8, 4) is 0 Å². The second-order valence-corrected chi connectivity index (χ2v) is 5.19. The maximum atomic E-state index is 11.7. The molecule has 0 fully saturated rings. The molecule has 2 aromatic heterocycles. The van der Waals surface area contributed by atoms with Crippen LogP contribution in [0.25, 0.3) is 11.0 Å². The summed E-state index contributed by atoms with van der Waals surface area (Å²) in [4.78, 5) is 25.7. The smallest absolute Gasteiger partial charge is 0.274 e. The molecule has 3 heterocycles. The molecule has 7 nitrogen and oxygen atoms in total. The van der Waals surface area contributed by atoms with Crippen molar-refractivity contribution in [3.63, 3.8) is 0 Å². The van der Waals surface area contributed by atoms with E-state index in [4.69, 9.17) is 5.21 Å². The Morgan fingerprint density at radius 3 is 3.05 bits per heavy atom. The number of aromatic amines is 1. The number of amides is 1. The lowest BCUT2D eigenvalue weighted by Crippen LogP contribution is -2.21. The first kappa shape index (κ1) is 12.8. The predicted octanol–water partition coefficient (Wildman–Crippen LogP) is 1.60. The van der Waals surface area contributed by atoms with E-state index >= 15 is 0 Å². The second-order valence-electron chi connectivity index (χ2n) is 5.19. The minimum absolute atomic E-state index is 0.486. The van der Waals surface area contributed by atoms with Crippen molar-refractivity contribution in [2.24, 2.45) is 0 Å². The van der Waals surface area contributed by atoms with Gasteiger partial charge >= 0.3 is 0 Å². The average Bonchev–Trinajstić information content (AvgIpc) is 3.16. The van der Waals surface area contributed by atoms with Crippen LogP contribution in [-0.4, -0.2) is 26.1 Å². The van der Waals surface area contributed by atoms with Crippen LogP contribution in [0.1, 0.15) is 21.5 Å². The number of aromatic nitrogens is 3. The number of anilines is 1. The van der Waals surface area contributed by atoms with Gasteiger partial charge in [0.2, 0.25) is 5.95 Å². The van der Waals surface area contributed by atoms with Gasteiger partial charge < -0.3 is 9.88 Å². The van der Waals surface area contributed by atoms with Crippen molar-refractivity contribution in [2.75, 3.05) is 4.90 Å². The molecule has 0 unspecified atom stereocenters. The SMILES string of the molecule is O=C(NO)c1cccc2c1CN(c1nc3ccncc3[nH]1)C2. The first-order valence-electron chi connectivity index (χ1n) is 6.86. The molecule has 1 aliphatic heterocycles. The summed E-state index contributed by atoms with van der Waals surface area (Å²) in [7, 11) is 0. The Labute approximate surface area is 125 Å². The Balaban J connectivity index is 1.71. The molecule has 1 aromatic carbocycles. The molecule has 1 amide bonds. The molecule has 3 N–H and O–H groups in total. The molecule has 0 aliphatic carbocycles. The van der Waals surface area contributed by atoms with Gasteiger partial charge in [-0.3, -0.25) is 15.0 Å². The fourth-order valence-electron chi connectivity index (χ4n) is 2.84. The van der Waals surface area contributed by atoms with Crippen molar-refractivity contribution in [2.45, 2.75) is 13.1 Å². The first-order chi connectivity index (χ1) is 10.8. The van der Waals surface area contributed by atoms with Crippen molar-refractivity contribution >= 4 is 22.9 Å². The lowest BCUT2D eigenvalue weighted by molar-refractivity contribution is 0.0705. The number of carbonyl (C=O) groups is 1. The molecule has 110 valence electrons. The molecule has 4 rings (SSSR count). The maximum absolute atomic E-state index is 11.7. The van der Waals surface area contributed by atoms with E-state index in [0.717, 1.165) is 28.1 Å². The zero-order chi connectivity index (χ0) is 15.1. The van der Waals surface area contributed by atoms with E-state index in [1.165, 1.54) is 0 Å². The molecule has 0 bridgehead atoms. The van der Waals surface area contributed by atoms with Crippen LogP contribution in [0, 0.1) is 0 Å². The first-order valence-corrected chi connectivity index (χ1v) is 6.86. The number of H-pyrrole nitrogens is 1. The zero-order valence-corrected chi connectivity index (χ0v) is 11.6. The van der Waals surface area contributed by atoms with Crippen LogP contribution in [-0.2, 0) is 13.1 Å². The molecular weight excluding hydrogens is 282 g/mol. The Kier molecular flexibility index (Phi) is 2.80. The predicted molar refractivity (Wildman–Crippen MR) is 79.5 cm³/mol. The maximum Gasteiger partial charge on any atom is 0.274 e. The van der Waals surface area contributed by atoms with Crippen LogP contribution in [0.4, 0.5) is 5.95 Å². The molecule has 3 aromatic rings. The van der Waals surface area contributed by atoms with Gasteiger partial charge in [0.05, 0.1) is 17.2 Å². The number of hydrogen-bond donors (Lipinski definition) is 3. The minimum atomic E-state index is -0.493. The van der Waals surface area contributed by atoms with Gasteiger partial charge in [-0.25, -0.2) is 10.5 Å². The standard InChI is InChI=1S/C15H13N5O2/c21-14(19-22)10-3-1-2-9-7-20(8-11(9)10)15-17-12-4-5-16-6-13(12)18-15/h1-6,22H,7-8H2,(H,17,18)(H,19,21). The van der Waals surface area contributed by atoms with Crippen LogP contribution in [0.2, 0.25) is 0 Å². The lowest BCUT2D eigenvalue weighted by Gasteiger charge is -2.13. The lowest BCUT2D eigenvalue weighted by atomic mass is 10.0. The Morgan fingerprint density at radius 2 is 2.23 bits per heavy atom. The van der Waals surface area contributed by atoms with Gasteiger partial charge in [-0.05, 0) is 23.3 Å². The van der Waals surface area contributed by atoms with E-state index in [0.29, 0.717) is 18.7 Å². The third kappa shape index (κ3) is 1.91. The fraction of sp³-hybridized carbons (Fsp3) is 0.133. The van der Waals surface area contributed by atoms with Crippen LogP contribution < -0.4 is 10.4 Å². The van der Waals surface area contributed by atoms with Crippen LogP contribution in [0.5, 0.6) is 0 Å². The number of fused-ring (bicyclic) bond motifs is 2. The summed E-state index contributed by atoms with van der Waals surface area (Å²) in [5, 5.41) is 8.86. The molecule has 0 atom stereocenters. The van der Waals surface area contributed by atoms with Crippen molar-refractivity contribution in [3.05, 3.63) is 53.3 Å². The highest BCUT2D eigenvalue weighted by atomic mass is 16.5. The van der Waals surface area contributed by atoms with Crippen LogP contribution in [0.15, 0.2) is 36.7 Å². The zero-order valence-electron chi connectivity index (χ0n) is 11.6. The molecule has 1 aliphatic rings. The number of hydroxylamine groups is 1. The number of pyridine rings is 1. The average molecular weight is 295 g/mol. The molecule has 0 radical (unpaired) electrons. The Morgan fingerprint density at radius 1 is 1.32 bits per heavy atom. The summed E-state index contributed by atoms with van der Waals surface area (Å²) >= 11 is 0. The van der Waals surface area contributed by atoms with Gasteiger partial charge in [-0.1, -0.05) is 12.1 Å². The van der Waals surface area contributed by atoms with Gasteiger partial charge in [0.15, 0.2) is 0 Å². The number of imidazole rings is 1. The highest BCUT2D eigenvalue weighted by Gasteiger charge is 2.25. The molecule has 7 heteroatoms. The van der Waals surface area contributed by atoms with E-state index < -0.39 is 5.91 Å². The largest absolute Gasteiger partial charge is 0.334 e. The van der Waals surface area contributed by atoms with Gasteiger partial charge in [0.25, 0.3) is 5.91 Å². The topological polar surface area (TPSA) is 94.1 Å². The van der Waals surface area contributed by atoms with Gasteiger partial charge in [-0.2, -0.15) is 0 Å². The number of nitrogens with one attached hydrogen (secondary N) is 2. The van der Waals surface area contributed by atoms with E-state index in [1.807, 2.05) is 18.2 Å². The van der Waals surface area contributed by atoms with E-state index in [-0.39, 0.29) is 0 Å². The highest BCUT2D eigenvalue weighted by molar-refractivity contribution is 5.95. The molecule has 0 spiro atoms. The minimum Gasteiger partial charge on any atom is -0.334 e. The number of rotatable bonds is 2. The van der Waals surface area contributed by atoms with Crippen molar-refractivity contribution in [1.82, 2.24) is 20.4 Å². The molecule has 0 saturated carbocycles. The van der Waals surface area contributed by atoms with Crippen molar-refractivity contribution < 1.29 is 10.0 Å².